The molecule has 3 atom stereocenters. The van der Waals surface area contributed by atoms with Crippen LogP contribution in [0.1, 0.15) is 30.5 Å². The van der Waals surface area contributed by atoms with Crippen LogP contribution in [0, 0.1) is 15.9 Å². The number of rotatable bonds is 4. The Kier molecular flexibility index (Phi) is 6.25. The highest BCUT2D eigenvalue weighted by molar-refractivity contribution is 5.45. The zero-order valence-electron chi connectivity index (χ0n) is 17.9. The molecule has 2 aromatic rings. The highest BCUT2D eigenvalue weighted by Gasteiger charge is 2.63. The van der Waals surface area contributed by atoms with E-state index < -0.39 is 63.4 Å². The molecule has 0 aliphatic heterocycles. The van der Waals surface area contributed by atoms with Crippen LogP contribution in [-0.2, 0) is 11.6 Å². The van der Waals surface area contributed by atoms with Gasteiger partial charge in [0.25, 0.3) is 0 Å². The van der Waals surface area contributed by atoms with E-state index in [0.29, 0.717) is 6.08 Å². The SMILES string of the molecule is COc1ccc(F)cc1C1(C)C=CC(n2cc(C(F)(F)F)cc([N+](=O)[O-])c2=O)C(O)(C(F)(F)F)C1. The van der Waals surface area contributed by atoms with Crippen LogP contribution in [0.3, 0.4) is 0 Å². The fraction of sp³-hybridized carbons (Fsp3) is 0.381. The zero-order valence-corrected chi connectivity index (χ0v) is 17.9. The lowest BCUT2D eigenvalue weighted by Gasteiger charge is -2.46. The Balaban J connectivity index is 2.32. The summed E-state index contributed by atoms with van der Waals surface area (Å²) in [6, 6.07) is 0.395. The van der Waals surface area contributed by atoms with Gasteiger partial charge in [0.05, 0.1) is 23.6 Å². The summed E-state index contributed by atoms with van der Waals surface area (Å²) < 4.78 is 102. The Bertz CT molecular complexity index is 1250. The van der Waals surface area contributed by atoms with Crippen molar-refractivity contribution in [1.29, 1.82) is 0 Å². The first-order valence-electron chi connectivity index (χ1n) is 9.75. The molecule has 1 aromatic heterocycles. The standard InChI is InChI=1S/C21H17F7N2O5/c1-18(13-8-12(22)3-4-15(13)35-2)6-5-16(19(32,10-18)21(26,27)28)29-9-11(20(23,24)25)7-14(17(29)31)30(33)34/h3-9,16,32H,10H2,1-2H3. The highest BCUT2D eigenvalue weighted by atomic mass is 19.4. The van der Waals surface area contributed by atoms with Crippen molar-refractivity contribution in [3.8, 4) is 5.75 Å². The third-order valence-electron chi connectivity index (χ3n) is 5.89. The van der Waals surface area contributed by atoms with Crippen molar-refractivity contribution < 1.29 is 45.5 Å². The lowest BCUT2D eigenvalue weighted by atomic mass is 9.66. The first kappa shape index (κ1) is 26.2. The van der Waals surface area contributed by atoms with Crippen LogP contribution >= 0.6 is 0 Å². The van der Waals surface area contributed by atoms with E-state index >= 15 is 0 Å². The molecule has 190 valence electrons. The number of pyridine rings is 1. The second-order valence-electron chi connectivity index (χ2n) is 8.25. The second kappa shape index (κ2) is 8.36. The summed E-state index contributed by atoms with van der Waals surface area (Å²) in [6.45, 7) is 1.20. The molecule has 14 heteroatoms. The number of allylic oxidation sites excluding steroid dienone is 1. The molecule has 1 aliphatic carbocycles. The van der Waals surface area contributed by atoms with E-state index in [4.69, 9.17) is 4.74 Å². The fourth-order valence-electron chi connectivity index (χ4n) is 4.17. The van der Waals surface area contributed by atoms with E-state index in [-0.39, 0.29) is 28.1 Å². The van der Waals surface area contributed by atoms with Crippen LogP contribution in [-0.4, -0.2) is 33.5 Å². The summed E-state index contributed by atoms with van der Waals surface area (Å²) >= 11 is 0. The van der Waals surface area contributed by atoms with Crippen molar-refractivity contribution >= 4 is 5.69 Å². The van der Waals surface area contributed by atoms with E-state index in [1.54, 1.807) is 0 Å². The van der Waals surface area contributed by atoms with Gasteiger partial charge in [-0.2, -0.15) is 26.3 Å². The largest absolute Gasteiger partial charge is 0.496 e. The van der Waals surface area contributed by atoms with Gasteiger partial charge in [-0.3, -0.25) is 19.5 Å². The molecule has 0 fully saturated rings. The molecule has 1 aliphatic rings. The zero-order chi connectivity index (χ0) is 26.6. The number of aromatic nitrogens is 1. The maximum Gasteiger partial charge on any atom is 0.419 e. The number of benzene rings is 1. The second-order valence-corrected chi connectivity index (χ2v) is 8.25. The topological polar surface area (TPSA) is 94.6 Å². The number of hydrogen-bond donors (Lipinski definition) is 1. The highest BCUT2D eigenvalue weighted by Crippen LogP contribution is 2.52. The summed E-state index contributed by atoms with van der Waals surface area (Å²) in [7, 11) is 1.17. The van der Waals surface area contributed by atoms with Crippen molar-refractivity contribution in [1.82, 2.24) is 4.57 Å². The van der Waals surface area contributed by atoms with Crippen LogP contribution in [0.25, 0.3) is 0 Å². The fourth-order valence-corrected chi connectivity index (χ4v) is 4.17. The van der Waals surface area contributed by atoms with Gasteiger partial charge in [0.2, 0.25) is 0 Å². The Labute approximate surface area is 192 Å². The number of aliphatic hydroxyl groups is 1. The van der Waals surface area contributed by atoms with Gasteiger partial charge in [0, 0.05) is 29.7 Å². The number of nitrogens with zero attached hydrogens (tertiary/aromatic N) is 2. The van der Waals surface area contributed by atoms with Gasteiger partial charge in [-0.15, -0.1) is 0 Å². The summed E-state index contributed by atoms with van der Waals surface area (Å²) in [5.74, 6) is -0.869. The predicted octanol–water partition coefficient (Wildman–Crippen LogP) is 4.68. The Morgan fingerprint density at radius 3 is 2.34 bits per heavy atom. The molecule has 1 heterocycles. The van der Waals surface area contributed by atoms with Crippen LogP contribution in [0.2, 0.25) is 0 Å². The van der Waals surface area contributed by atoms with Crippen molar-refractivity contribution in [3.05, 3.63) is 80.0 Å². The van der Waals surface area contributed by atoms with Gasteiger partial charge in [-0.25, -0.2) is 4.39 Å². The predicted molar refractivity (Wildman–Crippen MR) is 106 cm³/mol. The van der Waals surface area contributed by atoms with Gasteiger partial charge >= 0.3 is 23.6 Å². The van der Waals surface area contributed by atoms with Gasteiger partial charge in [0.15, 0.2) is 5.60 Å². The number of ether oxygens (including phenoxy) is 1. The summed E-state index contributed by atoms with van der Waals surface area (Å²) in [6.07, 6.45) is -10.4. The summed E-state index contributed by atoms with van der Waals surface area (Å²) in [4.78, 5) is 22.2. The molecule has 3 rings (SSSR count). The molecular formula is C21H17F7N2O5. The number of hydrogen-bond acceptors (Lipinski definition) is 5. The van der Waals surface area contributed by atoms with Gasteiger partial charge < -0.3 is 9.84 Å². The third-order valence-corrected chi connectivity index (χ3v) is 5.89. The van der Waals surface area contributed by atoms with Crippen molar-refractivity contribution in [2.75, 3.05) is 7.11 Å². The molecule has 0 bridgehead atoms. The monoisotopic (exact) mass is 510 g/mol. The van der Waals surface area contributed by atoms with Gasteiger partial charge in [-0.1, -0.05) is 19.1 Å². The number of alkyl halides is 6. The van der Waals surface area contributed by atoms with Crippen LogP contribution in [0.15, 0.2) is 47.4 Å². The molecule has 0 spiro atoms. The quantitative estimate of drug-likeness (QED) is 0.279. The van der Waals surface area contributed by atoms with E-state index in [0.717, 1.165) is 24.3 Å². The molecule has 0 saturated heterocycles. The number of halogens is 7. The van der Waals surface area contributed by atoms with Gasteiger partial charge in [-0.05, 0) is 18.2 Å². The average Bonchev–Trinajstić information content (AvgIpc) is 2.72. The molecule has 35 heavy (non-hydrogen) atoms. The first-order valence-corrected chi connectivity index (χ1v) is 9.75. The maximum atomic E-state index is 14.2. The first-order chi connectivity index (χ1) is 15.9. The minimum atomic E-state index is -5.54. The van der Waals surface area contributed by atoms with E-state index in [2.05, 4.69) is 0 Å². The maximum absolute atomic E-state index is 14.2. The minimum Gasteiger partial charge on any atom is -0.496 e. The summed E-state index contributed by atoms with van der Waals surface area (Å²) in [5, 5.41) is 22.0. The van der Waals surface area contributed by atoms with E-state index in [1.807, 2.05) is 0 Å². The molecule has 0 saturated carbocycles. The lowest BCUT2D eigenvalue weighted by molar-refractivity contribution is -0.386. The number of methoxy groups -OCH3 is 1. The molecule has 0 amide bonds. The summed E-state index contributed by atoms with van der Waals surface area (Å²) in [5.41, 5.74) is -11.0. The van der Waals surface area contributed by atoms with Crippen molar-refractivity contribution in [2.24, 2.45) is 0 Å². The van der Waals surface area contributed by atoms with Gasteiger partial charge in [0.1, 0.15) is 11.6 Å². The van der Waals surface area contributed by atoms with E-state index in [1.165, 1.54) is 14.0 Å². The molecular weight excluding hydrogens is 493 g/mol. The van der Waals surface area contributed by atoms with E-state index in [9.17, 15) is 50.7 Å². The molecule has 0 radical (unpaired) electrons. The average molecular weight is 510 g/mol. The molecule has 3 unspecified atom stereocenters. The Hall–Kier alpha value is -3.42. The van der Waals surface area contributed by atoms with Crippen LogP contribution in [0.5, 0.6) is 5.75 Å². The number of nitro groups is 1. The van der Waals surface area contributed by atoms with Crippen molar-refractivity contribution in [3.63, 3.8) is 0 Å². The molecule has 1 N–H and O–H groups in total. The minimum absolute atomic E-state index is 0.0214. The Morgan fingerprint density at radius 2 is 1.83 bits per heavy atom. The molecule has 1 aromatic carbocycles. The smallest absolute Gasteiger partial charge is 0.419 e. The molecule has 7 nitrogen and oxygen atoms in total. The third kappa shape index (κ3) is 4.49. The van der Waals surface area contributed by atoms with Crippen LogP contribution in [0.4, 0.5) is 36.4 Å². The normalized spacial score (nSPS) is 24.9. The van der Waals surface area contributed by atoms with Crippen molar-refractivity contribution in [2.45, 2.75) is 42.8 Å². The Morgan fingerprint density at radius 1 is 1.20 bits per heavy atom. The van der Waals surface area contributed by atoms with Crippen LogP contribution < -0.4 is 10.3 Å². The lowest BCUT2D eigenvalue weighted by Crippen LogP contribution is -2.57.